The Kier molecular flexibility index (Phi) is 14.6. The van der Waals surface area contributed by atoms with Crippen LogP contribution in [0.3, 0.4) is 0 Å². The molecule has 2 nitrogen and oxygen atoms in total. The molecule has 0 heterocycles. The summed E-state index contributed by atoms with van der Waals surface area (Å²) in [4.78, 5) is 1.76. The van der Waals surface area contributed by atoms with Gasteiger partial charge in [-0.15, -0.1) is 0 Å². The van der Waals surface area contributed by atoms with E-state index in [9.17, 15) is 0 Å². The van der Waals surface area contributed by atoms with Crippen LogP contribution in [0.1, 0.15) is 41.0 Å². The SMILES string of the molecule is C=C\C(=C/C=C(\C=C/C)N(C=N)/C=C\C)CC.CC. The van der Waals surface area contributed by atoms with Gasteiger partial charge >= 0.3 is 0 Å². The Morgan fingerprint density at radius 1 is 1.16 bits per heavy atom. The van der Waals surface area contributed by atoms with Gasteiger partial charge in [0.05, 0.1) is 6.34 Å². The Balaban J connectivity index is 0. The minimum absolute atomic E-state index is 0.952. The highest BCUT2D eigenvalue weighted by Gasteiger charge is 1.98. The molecule has 0 aromatic carbocycles. The molecule has 0 saturated carbocycles. The van der Waals surface area contributed by atoms with Crippen LogP contribution in [-0.2, 0) is 0 Å². The van der Waals surface area contributed by atoms with Crippen LogP contribution in [0.4, 0.5) is 0 Å². The van der Waals surface area contributed by atoms with E-state index in [1.54, 1.807) is 4.90 Å². The van der Waals surface area contributed by atoms with E-state index in [4.69, 9.17) is 5.41 Å². The van der Waals surface area contributed by atoms with Crippen LogP contribution < -0.4 is 0 Å². The fourth-order valence-electron chi connectivity index (χ4n) is 1.29. The van der Waals surface area contributed by atoms with Crippen molar-refractivity contribution >= 4 is 6.34 Å². The Hall–Kier alpha value is -1.83. The molecule has 0 amide bonds. The maximum atomic E-state index is 7.38. The van der Waals surface area contributed by atoms with Gasteiger partial charge in [-0.25, -0.2) is 0 Å². The number of nitrogens with zero attached hydrogens (tertiary/aromatic N) is 1. The van der Waals surface area contributed by atoms with Gasteiger partial charge in [0.25, 0.3) is 0 Å². The molecule has 0 rings (SSSR count). The molecule has 19 heavy (non-hydrogen) atoms. The first kappa shape index (κ1) is 19.5. The molecule has 0 fully saturated rings. The molecule has 0 atom stereocenters. The number of hydrogen-bond donors (Lipinski definition) is 1. The molecule has 0 aromatic rings. The summed E-state index contributed by atoms with van der Waals surface area (Å²) in [6.45, 7) is 13.8. The van der Waals surface area contributed by atoms with Gasteiger partial charge in [0.2, 0.25) is 0 Å². The van der Waals surface area contributed by atoms with Crippen LogP contribution >= 0.6 is 0 Å². The lowest BCUT2D eigenvalue weighted by atomic mass is 10.2. The highest BCUT2D eigenvalue weighted by atomic mass is 15.1. The first-order valence-electron chi connectivity index (χ1n) is 6.81. The summed E-state index contributed by atoms with van der Waals surface area (Å²) in [5, 5.41) is 7.38. The van der Waals surface area contributed by atoms with Crippen molar-refractivity contribution in [1.29, 1.82) is 5.41 Å². The third-order valence-electron chi connectivity index (χ3n) is 2.22. The lowest BCUT2D eigenvalue weighted by molar-refractivity contribution is 0.728. The largest absolute Gasteiger partial charge is 0.309 e. The van der Waals surface area contributed by atoms with Gasteiger partial charge in [0.1, 0.15) is 0 Å². The van der Waals surface area contributed by atoms with Crippen molar-refractivity contribution in [2.75, 3.05) is 0 Å². The molecule has 0 aliphatic carbocycles. The average Bonchev–Trinajstić information content (AvgIpc) is 2.47. The normalized spacial score (nSPS) is 12.3. The minimum atomic E-state index is 0.952. The van der Waals surface area contributed by atoms with E-state index in [1.165, 1.54) is 11.9 Å². The number of allylic oxidation sites excluding steroid dienone is 7. The zero-order valence-corrected chi connectivity index (χ0v) is 13.0. The summed E-state index contributed by atoms with van der Waals surface area (Å²) < 4.78 is 0. The summed E-state index contributed by atoms with van der Waals surface area (Å²) in [5.74, 6) is 0. The second-order valence-electron chi connectivity index (χ2n) is 3.41. The molecular weight excluding hydrogens is 232 g/mol. The van der Waals surface area contributed by atoms with Crippen molar-refractivity contribution in [3.8, 4) is 0 Å². The zero-order chi connectivity index (χ0) is 15.1. The summed E-state index contributed by atoms with van der Waals surface area (Å²) in [6, 6.07) is 0. The molecule has 0 unspecified atom stereocenters. The maximum absolute atomic E-state index is 7.38. The van der Waals surface area contributed by atoms with Crippen LogP contribution in [0.15, 0.2) is 60.5 Å². The summed E-state index contributed by atoms with van der Waals surface area (Å²) in [7, 11) is 0. The Morgan fingerprint density at radius 2 is 1.79 bits per heavy atom. The molecule has 0 aliphatic rings. The Morgan fingerprint density at radius 3 is 2.16 bits per heavy atom. The molecule has 0 spiro atoms. The predicted molar refractivity (Wildman–Crippen MR) is 88.3 cm³/mol. The molecule has 0 bridgehead atoms. The van der Waals surface area contributed by atoms with Crippen LogP contribution in [0.2, 0.25) is 0 Å². The predicted octanol–water partition coefficient (Wildman–Crippen LogP) is 5.44. The van der Waals surface area contributed by atoms with Crippen LogP contribution in [0.25, 0.3) is 0 Å². The lowest BCUT2D eigenvalue weighted by Gasteiger charge is -2.14. The Labute approximate surface area is 119 Å². The van der Waals surface area contributed by atoms with E-state index < -0.39 is 0 Å². The molecule has 0 radical (unpaired) electrons. The first-order chi connectivity index (χ1) is 9.23. The average molecular weight is 260 g/mol. The van der Waals surface area contributed by atoms with Gasteiger partial charge in [-0.1, -0.05) is 51.7 Å². The molecular formula is C17H28N2. The van der Waals surface area contributed by atoms with E-state index in [0.29, 0.717) is 0 Å². The number of rotatable bonds is 7. The fraction of sp³-hybridized carbons (Fsp3) is 0.353. The zero-order valence-electron chi connectivity index (χ0n) is 13.0. The van der Waals surface area contributed by atoms with Crippen molar-refractivity contribution in [2.24, 2.45) is 0 Å². The Bertz CT molecular complexity index is 357. The van der Waals surface area contributed by atoms with E-state index in [1.807, 2.05) is 70.4 Å². The summed E-state index contributed by atoms with van der Waals surface area (Å²) in [6.07, 6.45) is 15.8. The highest BCUT2D eigenvalue weighted by Crippen LogP contribution is 2.08. The molecule has 2 heteroatoms. The van der Waals surface area contributed by atoms with E-state index in [-0.39, 0.29) is 0 Å². The lowest BCUT2D eigenvalue weighted by Crippen LogP contribution is -2.11. The van der Waals surface area contributed by atoms with Crippen molar-refractivity contribution in [2.45, 2.75) is 41.0 Å². The van der Waals surface area contributed by atoms with Crippen LogP contribution in [-0.4, -0.2) is 11.2 Å². The van der Waals surface area contributed by atoms with Gasteiger partial charge in [-0.3, -0.25) is 5.41 Å². The third kappa shape index (κ3) is 8.83. The van der Waals surface area contributed by atoms with E-state index in [0.717, 1.165) is 12.1 Å². The first-order valence-corrected chi connectivity index (χ1v) is 6.81. The van der Waals surface area contributed by atoms with Gasteiger partial charge < -0.3 is 4.90 Å². The van der Waals surface area contributed by atoms with Gasteiger partial charge in [-0.05, 0) is 38.0 Å². The second-order valence-corrected chi connectivity index (χ2v) is 3.41. The molecule has 0 aromatic heterocycles. The third-order valence-corrected chi connectivity index (χ3v) is 2.22. The molecule has 1 N–H and O–H groups in total. The maximum Gasteiger partial charge on any atom is 0.0902 e. The van der Waals surface area contributed by atoms with Gasteiger partial charge in [0.15, 0.2) is 0 Å². The molecule has 0 aliphatic heterocycles. The van der Waals surface area contributed by atoms with Gasteiger partial charge in [0, 0.05) is 11.9 Å². The van der Waals surface area contributed by atoms with Crippen LogP contribution in [0, 0.1) is 5.41 Å². The minimum Gasteiger partial charge on any atom is -0.309 e. The summed E-state index contributed by atoms with van der Waals surface area (Å²) >= 11 is 0. The quantitative estimate of drug-likeness (QED) is 0.368. The van der Waals surface area contributed by atoms with Crippen molar-refractivity contribution < 1.29 is 0 Å². The van der Waals surface area contributed by atoms with Gasteiger partial charge in [-0.2, -0.15) is 0 Å². The van der Waals surface area contributed by atoms with Crippen molar-refractivity contribution in [1.82, 2.24) is 4.90 Å². The van der Waals surface area contributed by atoms with E-state index >= 15 is 0 Å². The van der Waals surface area contributed by atoms with Crippen LogP contribution in [0.5, 0.6) is 0 Å². The molecule has 106 valence electrons. The topological polar surface area (TPSA) is 27.1 Å². The smallest absolute Gasteiger partial charge is 0.0902 e. The van der Waals surface area contributed by atoms with Crippen molar-refractivity contribution in [3.05, 3.63) is 60.5 Å². The monoisotopic (exact) mass is 260 g/mol. The summed E-state index contributed by atoms with van der Waals surface area (Å²) in [5.41, 5.74) is 2.13. The number of nitrogens with one attached hydrogen (secondary N) is 1. The highest BCUT2D eigenvalue weighted by molar-refractivity contribution is 5.58. The van der Waals surface area contributed by atoms with E-state index in [2.05, 4.69) is 13.5 Å². The van der Waals surface area contributed by atoms with Crippen molar-refractivity contribution in [3.63, 3.8) is 0 Å². The molecule has 0 saturated heterocycles. The standard InChI is InChI=1S/C15H22N2.C2H6/c1-5-9-15(17(13-16)12-6-2)11-10-14(7-3)8-4;1-2/h5-7,9-13,16H,3,8H2,1-2,4H3;1-2H3/b9-5-,12-6-,14-10+,15-11+,16-13?;. The second kappa shape index (κ2) is 14.2. The number of hydrogen-bond acceptors (Lipinski definition) is 1. The fourth-order valence-corrected chi connectivity index (χ4v) is 1.29.